The summed E-state index contributed by atoms with van der Waals surface area (Å²) in [5.74, 6) is -3.16. The van der Waals surface area contributed by atoms with Gasteiger partial charge in [-0.15, -0.1) is 0 Å². The van der Waals surface area contributed by atoms with Crippen LogP contribution >= 0.6 is 0 Å². The highest BCUT2D eigenvalue weighted by Crippen LogP contribution is 2.34. The Morgan fingerprint density at radius 2 is 1.63 bits per heavy atom. The van der Waals surface area contributed by atoms with Crippen molar-refractivity contribution >= 4 is 33.9 Å². The standard InChI is InChI=1S/C27H31F2N9O3/c1-27(28,29)25-30-18-5-3-4-6-19(18)38(25)26-32-21-20(22(33-26)36-9-13-41-14-10-36)31-23(34(21)2)24(39)37-15-17(16-37)35-7-11-40-12-8-35/h3-6,17H,7-16H2,1-2H3. The highest BCUT2D eigenvalue weighted by Gasteiger charge is 2.38. The molecule has 1 amide bonds. The molecule has 0 aliphatic carbocycles. The number of likely N-dealkylation sites (tertiary alicyclic amines) is 1. The Labute approximate surface area is 234 Å². The maximum absolute atomic E-state index is 14.9. The zero-order chi connectivity index (χ0) is 28.3. The van der Waals surface area contributed by atoms with E-state index in [-0.39, 0.29) is 17.7 Å². The first-order chi connectivity index (χ1) is 19.8. The number of aromatic nitrogens is 6. The molecule has 3 aliphatic rings. The topological polar surface area (TPSA) is 107 Å². The van der Waals surface area contributed by atoms with E-state index in [2.05, 4.69) is 9.88 Å². The number of morpholine rings is 2. The molecule has 3 aromatic heterocycles. The second kappa shape index (κ2) is 9.96. The van der Waals surface area contributed by atoms with E-state index >= 15 is 0 Å². The number of aryl methyl sites for hydroxylation is 1. The summed E-state index contributed by atoms with van der Waals surface area (Å²) in [5, 5.41) is 0. The van der Waals surface area contributed by atoms with E-state index in [1.165, 1.54) is 4.57 Å². The number of nitrogens with zero attached hydrogens (tertiary/aromatic N) is 9. The van der Waals surface area contributed by atoms with Crippen molar-refractivity contribution in [2.45, 2.75) is 18.9 Å². The summed E-state index contributed by atoms with van der Waals surface area (Å²) in [6.07, 6.45) is 0. The Kier molecular flexibility index (Phi) is 6.36. The van der Waals surface area contributed by atoms with Crippen LogP contribution in [0.1, 0.15) is 23.4 Å². The van der Waals surface area contributed by atoms with E-state index in [4.69, 9.17) is 24.4 Å². The van der Waals surface area contributed by atoms with Crippen molar-refractivity contribution in [3.63, 3.8) is 0 Å². The summed E-state index contributed by atoms with van der Waals surface area (Å²) in [6, 6.07) is 7.21. The lowest BCUT2D eigenvalue weighted by atomic mass is 10.1. The Hall–Kier alpha value is -3.75. The summed E-state index contributed by atoms with van der Waals surface area (Å²) < 4.78 is 43.6. The number of imidazole rings is 2. The van der Waals surface area contributed by atoms with Crippen LogP contribution < -0.4 is 4.90 Å². The number of rotatable bonds is 5. The summed E-state index contributed by atoms with van der Waals surface area (Å²) >= 11 is 0. The van der Waals surface area contributed by atoms with Crippen LogP contribution in [0.15, 0.2) is 24.3 Å². The molecule has 41 heavy (non-hydrogen) atoms. The fraction of sp³-hybridized carbons (Fsp3) is 0.519. The van der Waals surface area contributed by atoms with Crippen LogP contribution in [0.2, 0.25) is 0 Å². The first kappa shape index (κ1) is 26.2. The van der Waals surface area contributed by atoms with Gasteiger partial charge < -0.3 is 23.8 Å². The summed E-state index contributed by atoms with van der Waals surface area (Å²) in [6.45, 7) is 7.24. The second-order valence-electron chi connectivity index (χ2n) is 10.8. The van der Waals surface area contributed by atoms with E-state index in [1.54, 1.807) is 40.8 Å². The molecule has 3 saturated heterocycles. The Morgan fingerprint density at radius 1 is 0.951 bits per heavy atom. The van der Waals surface area contributed by atoms with Gasteiger partial charge in [-0.3, -0.25) is 14.3 Å². The van der Waals surface area contributed by atoms with Gasteiger partial charge in [0.25, 0.3) is 5.91 Å². The third-order valence-corrected chi connectivity index (χ3v) is 8.06. The van der Waals surface area contributed by atoms with Crippen LogP contribution in [0.4, 0.5) is 14.6 Å². The van der Waals surface area contributed by atoms with E-state index in [1.807, 2.05) is 4.90 Å². The van der Waals surface area contributed by atoms with E-state index < -0.39 is 11.7 Å². The van der Waals surface area contributed by atoms with Crippen LogP contribution in [-0.4, -0.2) is 117 Å². The maximum Gasteiger partial charge on any atom is 0.302 e. The van der Waals surface area contributed by atoms with Gasteiger partial charge in [-0.05, 0) is 12.1 Å². The van der Waals surface area contributed by atoms with Crippen molar-refractivity contribution in [3.8, 4) is 5.95 Å². The van der Waals surface area contributed by atoms with E-state index in [0.717, 1.165) is 20.0 Å². The predicted octanol–water partition coefficient (Wildman–Crippen LogP) is 1.81. The minimum absolute atomic E-state index is 0.0440. The van der Waals surface area contributed by atoms with Crippen molar-refractivity contribution in [2.24, 2.45) is 7.05 Å². The lowest BCUT2D eigenvalue weighted by Crippen LogP contribution is -2.63. The van der Waals surface area contributed by atoms with Gasteiger partial charge in [0.2, 0.25) is 11.8 Å². The molecule has 3 aliphatic heterocycles. The number of para-hydroxylation sites is 2. The normalized spacial score (nSPS) is 19.3. The number of hydrogen-bond donors (Lipinski definition) is 0. The van der Waals surface area contributed by atoms with Gasteiger partial charge in [-0.2, -0.15) is 18.7 Å². The molecule has 216 valence electrons. The van der Waals surface area contributed by atoms with Crippen molar-refractivity contribution in [3.05, 3.63) is 35.9 Å². The van der Waals surface area contributed by atoms with Crippen LogP contribution in [0, 0.1) is 0 Å². The molecule has 6 heterocycles. The number of ether oxygens (including phenoxy) is 2. The smallest absolute Gasteiger partial charge is 0.302 e. The number of alkyl halides is 2. The fourth-order valence-electron chi connectivity index (χ4n) is 5.78. The number of carbonyl (C=O) groups is 1. The molecule has 0 bridgehead atoms. The van der Waals surface area contributed by atoms with Gasteiger partial charge in [0.05, 0.1) is 37.5 Å². The number of carbonyl (C=O) groups excluding carboxylic acids is 1. The Morgan fingerprint density at radius 3 is 2.34 bits per heavy atom. The first-order valence-corrected chi connectivity index (χ1v) is 13.8. The Bertz CT molecular complexity index is 1610. The zero-order valence-electron chi connectivity index (χ0n) is 23.0. The molecular weight excluding hydrogens is 536 g/mol. The third kappa shape index (κ3) is 4.50. The SMILES string of the molecule is Cn1c(C(=O)N2CC(N3CCOCC3)C2)nc2c(N3CCOCC3)nc(-n3c(C(C)(F)F)nc4ccccc43)nc21. The summed E-state index contributed by atoms with van der Waals surface area (Å²) in [4.78, 5) is 38.2. The molecule has 3 fully saturated rings. The van der Waals surface area contributed by atoms with E-state index in [9.17, 15) is 13.6 Å². The lowest BCUT2D eigenvalue weighted by Gasteiger charge is -2.46. The van der Waals surface area contributed by atoms with Crippen LogP contribution in [-0.2, 0) is 22.4 Å². The monoisotopic (exact) mass is 567 g/mol. The van der Waals surface area contributed by atoms with Gasteiger partial charge in [0.15, 0.2) is 22.8 Å². The molecule has 0 radical (unpaired) electrons. The average molecular weight is 568 g/mol. The van der Waals surface area contributed by atoms with Crippen LogP contribution in [0.3, 0.4) is 0 Å². The highest BCUT2D eigenvalue weighted by molar-refractivity contribution is 5.97. The number of benzene rings is 1. The van der Waals surface area contributed by atoms with Crippen LogP contribution in [0.5, 0.6) is 0 Å². The fourth-order valence-corrected chi connectivity index (χ4v) is 5.78. The lowest BCUT2D eigenvalue weighted by molar-refractivity contribution is -0.0260. The van der Waals surface area contributed by atoms with Crippen molar-refractivity contribution in [1.29, 1.82) is 0 Å². The number of anilines is 1. The Balaban J connectivity index is 1.32. The average Bonchev–Trinajstić information content (AvgIpc) is 3.51. The van der Waals surface area contributed by atoms with E-state index in [0.29, 0.717) is 86.7 Å². The second-order valence-corrected chi connectivity index (χ2v) is 10.8. The third-order valence-electron chi connectivity index (χ3n) is 8.06. The molecule has 0 atom stereocenters. The molecule has 12 nitrogen and oxygen atoms in total. The van der Waals surface area contributed by atoms with Crippen molar-refractivity contribution in [2.75, 3.05) is 70.6 Å². The van der Waals surface area contributed by atoms with Crippen LogP contribution in [0.25, 0.3) is 28.1 Å². The highest BCUT2D eigenvalue weighted by atomic mass is 19.3. The maximum atomic E-state index is 14.9. The molecule has 0 saturated carbocycles. The van der Waals surface area contributed by atoms with Crippen molar-refractivity contribution < 1.29 is 23.0 Å². The molecule has 0 spiro atoms. The molecule has 14 heteroatoms. The van der Waals surface area contributed by atoms with Gasteiger partial charge >= 0.3 is 5.92 Å². The molecular formula is C27H31F2N9O3. The first-order valence-electron chi connectivity index (χ1n) is 13.8. The number of fused-ring (bicyclic) bond motifs is 2. The quantitative estimate of drug-likeness (QED) is 0.357. The number of amides is 1. The summed E-state index contributed by atoms with van der Waals surface area (Å²) in [7, 11) is 1.73. The van der Waals surface area contributed by atoms with Gasteiger partial charge in [0, 0.05) is 59.3 Å². The zero-order valence-corrected chi connectivity index (χ0v) is 23.0. The number of halogens is 2. The van der Waals surface area contributed by atoms with Gasteiger partial charge in [-0.1, -0.05) is 12.1 Å². The minimum atomic E-state index is -3.25. The molecule has 4 aromatic rings. The molecule has 0 unspecified atom stereocenters. The molecule has 1 aromatic carbocycles. The minimum Gasteiger partial charge on any atom is -0.379 e. The largest absolute Gasteiger partial charge is 0.379 e. The molecule has 0 N–H and O–H groups in total. The van der Waals surface area contributed by atoms with Crippen molar-refractivity contribution in [1.82, 2.24) is 38.9 Å². The molecule has 7 rings (SSSR count). The van der Waals surface area contributed by atoms with Gasteiger partial charge in [-0.25, -0.2) is 9.97 Å². The number of hydrogen-bond acceptors (Lipinski definition) is 9. The summed E-state index contributed by atoms with van der Waals surface area (Å²) in [5.41, 5.74) is 1.70. The predicted molar refractivity (Wildman–Crippen MR) is 146 cm³/mol. The van der Waals surface area contributed by atoms with Gasteiger partial charge in [0.1, 0.15) is 0 Å².